The second-order valence-electron chi connectivity index (χ2n) is 4.62. The Morgan fingerprint density at radius 2 is 2.05 bits per heavy atom. The Balaban J connectivity index is 2.61. The molecule has 0 radical (unpaired) electrons. The summed E-state index contributed by atoms with van der Waals surface area (Å²) in [5.41, 5.74) is 6.38. The Labute approximate surface area is 127 Å². The lowest BCUT2D eigenvalue weighted by Gasteiger charge is -2.22. The number of nitrogens with zero attached hydrogens (tertiary/aromatic N) is 1. The molecule has 0 aromatic heterocycles. The predicted molar refractivity (Wildman–Crippen MR) is 80.1 cm³/mol. The molecule has 0 aliphatic heterocycles. The first kappa shape index (κ1) is 17.6. The highest BCUT2D eigenvalue weighted by atomic mass is 32.1. The lowest BCUT2D eigenvalue weighted by Crippen LogP contribution is -2.37. The summed E-state index contributed by atoms with van der Waals surface area (Å²) in [6.45, 7) is 3.39. The molecule has 118 valence electrons. The molecule has 0 aliphatic rings. The molecule has 0 saturated heterocycles. The van der Waals surface area contributed by atoms with Crippen LogP contribution < -0.4 is 10.5 Å². The first-order chi connectivity index (χ1) is 9.81. The summed E-state index contributed by atoms with van der Waals surface area (Å²) in [5, 5.41) is 0.311. The number of alkyl halides is 3. The van der Waals surface area contributed by atoms with Gasteiger partial charge in [0.15, 0.2) is 5.11 Å². The molecule has 0 unspecified atom stereocenters. The summed E-state index contributed by atoms with van der Waals surface area (Å²) in [6, 6.07) is 5.94. The lowest BCUT2D eigenvalue weighted by molar-refractivity contribution is -0.274. The third kappa shape index (κ3) is 7.17. The average Bonchev–Trinajstić information content (AvgIpc) is 2.36. The Bertz CT molecular complexity index is 466. The molecule has 1 aromatic rings. The number of rotatable bonds is 7. The maximum atomic E-state index is 12.2. The van der Waals surface area contributed by atoms with E-state index in [1.54, 1.807) is 6.07 Å². The standard InChI is InChI=1S/C14H19F3N2OS/c1-2-3-8-19(13(18)21)9-7-11-5-4-6-12(10-11)20-14(15,16)17/h4-6,10H,2-3,7-9H2,1H3,(H2,18,21). The largest absolute Gasteiger partial charge is 0.573 e. The van der Waals surface area contributed by atoms with E-state index in [0.717, 1.165) is 24.9 Å². The summed E-state index contributed by atoms with van der Waals surface area (Å²) >= 11 is 4.97. The zero-order valence-electron chi connectivity index (χ0n) is 11.8. The van der Waals surface area contributed by atoms with E-state index in [1.165, 1.54) is 18.2 Å². The van der Waals surface area contributed by atoms with Gasteiger partial charge in [0, 0.05) is 13.1 Å². The van der Waals surface area contributed by atoms with Gasteiger partial charge in [0.2, 0.25) is 0 Å². The molecular formula is C14H19F3N2OS. The molecule has 3 nitrogen and oxygen atoms in total. The van der Waals surface area contributed by atoms with Crippen molar-refractivity contribution in [2.45, 2.75) is 32.5 Å². The van der Waals surface area contributed by atoms with Crippen LogP contribution in [0.15, 0.2) is 24.3 Å². The molecular weight excluding hydrogens is 301 g/mol. The van der Waals surface area contributed by atoms with Crippen molar-refractivity contribution >= 4 is 17.3 Å². The molecule has 2 N–H and O–H groups in total. The van der Waals surface area contributed by atoms with Gasteiger partial charge in [-0.3, -0.25) is 0 Å². The number of ether oxygens (including phenoxy) is 1. The van der Waals surface area contributed by atoms with Crippen LogP contribution in [0.25, 0.3) is 0 Å². The van der Waals surface area contributed by atoms with Crippen LogP contribution in [0.2, 0.25) is 0 Å². The Hall–Kier alpha value is -1.50. The van der Waals surface area contributed by atoms with Gasteiger partial charge in [0.05, 0.1) is 0 Å². The molecule has 1 rings (SSSR count). The maximum Gasteiger partial charge on any atom is 0.573 e. The summed E-state index contributed by atoms with van der Waals surface area (Å²) in [5.74, 6) is -0.213. The minimum atomic E-state index is -4.68. The van der Waals surface area contributed by atoms with Gasteiger partial charge in [-0.2, -0.15) is 0 Å². The van der Waals surface area contributed by atoms with E-state index in [9.17, 15) is 13.2 Å². The van der Waals surface area contributed by atoms with Crippen LogP contribution in [0.1, 0.15) is 25.3 Å². The average molecular weight is 320 g/mol. The van der Waals surface area contributed by atoms with Crippen molar-refractivity contribution in [3.8, 4) is 5.75 Å². The topological polar surface area (TPSA) is 38.5 Å². The zero-order chi connectivity index (χ0) is 15.9. The van der Waals surface area contributed by atoms with Crippen molar-refractivity contribution in [2.24, 2.45) is 5.73 Å². The smallest absolute Gasteiger partial charge is 0.406 e. The highest BCUT2D eigenvalue weighted by Crippen LogP contribution is 2.23. The molecule has 1 aromatic carbocycles. The third-order valence-electron chi connectivity index (χ3n) is 2.90. The van der Waals surface area contributed by atoms with Crippen LogP contribution in [0.5, 0.6) is 5.75 Å². The van der Waals surface area contributed by atoms with Crippen molar-refractivity contribution in [1.82, 2.24) is 4.90 Å². The van der Waals surface area contributed by atoms with Crippen molar-refractivity contribution in [1.29, 1.82) is 0 Å². The summed E-state index contributed by atoms with van der Waals surface area (Å²) in [6.07, 6.45) is -2.14. The Morgan fingerprint density at radius 1 is 1.33 bits per heavy atom. The second kappa shape index (κ2) is 8.07. The van der Waals surface area contributed by atoms with E-state index in [-0.39, 0.29) is 5.75 Å². The highest BCUT2D eigenvalue weighted by Gasteiger charge is 2.31. The van der Waals surface area contributed by atoms with Gasteiger partial charge < -0.3 is 15.4 Å². The van der Waals surface area contributed by atoms with Crippen LogP contribution in [-0.2, 0) is 6.42 Å². The van der Waals surface area contributed by atoms with Crippen LogP contribution in [-0.4, -0.2) is 29.5 Å². The number of thiocarbonyl (C=S) groups is 1. The lowest BCUT2D eigenvalue weighted by atomic mass is 10.1. The van der Waals surface area contributed by atoms with Crippen molar-refractivity contribution in [3.63, 3.8) is 0 Å². The van der Waals surface area contributed by atoms with Gasteiger partial charge in [-0.05, 0) is 42.8 Å². The van der Waals surface area contributed by atoms with Crippen LogP contribution in [0.4, 0.5) is 13.2 Å². The quantitative estimate of drug-likeness (QED) is 0.781. The number of hydrogen-bond donors (Lipinski definition) is 1. The third-order valence-corrected chi connectivity index (χ3v) is 3.15. The van der Waals surface area contributed by atoms with Crippen LogP contribution >= 0.6 is 12.2 Å². The predicted octanol–water partition coefficient (Wildman–Crippen LogP) is 3.47. The molecule has 0 bridgehead atoms. The van der Waals surface area contributed by atoms with Crippen molar-refractivity contribution in [2.75, 3.05) is 13.1 Å². The number of hydrogen-bond acceptors (Lipinski definition) is 2. The van der Waals surface area contributed by atoms with E-state index in [2.05, 4.69) is 11.7 Å². The molecule has 21 heavy (non-hydrogen) atoms. The molecule has 0 atom stereocenters. The SMILES string of the molecule is CCCCN(CCc1cccc(OC(F)(F)F)c1)C(N)=S. The van der Waals surface area contributed by atoms with E-state index in [1.807, 2.05) is 4.90 Å². The molecule has 0 fully saturated rings. The molecule has 0 amide bonds. The highest BCUT2D eigenvalue weighted by molar-refractivity contribution is 7.80. The zero-order valence-corrected chi connectivity index (χ0v) is 12.6. The molecule has 0 saturated carbocycles. The Morgan fingerprint density at radius 3 is 2.62 bits per heavy atom. The summed E-state index contributed by atoms with van der Waals surface area (Å²) in [7, 11) is 0. The van der Waals surface area contributed by atoms with E-state index in [0.29, 0.717) is 18.1 Å². The first-order valence-electron chi connectivity index (χ1n) is 6.71. The second-order valence-corrected chi connectivity index (χ2v) is 5.04. The number of unbranched alkanes of at least 4 members (excludes halogenated alkanes) is 1. The fraction of sp³-hybridized carbons (Fsp3) is 0.500. The fourth-order valence-electron chi connectivity index (χ4n) is 1.84. The maximum absolute atomic E-state index is 12.2. The number of nitrogens with two attached hydrogens (primary N) is 1. The minimum Gasteiger partial charge on any atom is -0.406 e. The van der Waals surface area contributed by atoms with Gasteiger partial charge >= 0.3 is 6.36 Å². The molecule has 0 aliphatic carbocycles. The molecule has 0 heterocycles. The summed E-state index contributed by atoms with van der Waals surface area (Å²) in [4.78, 5) is 1.86. The normalized spacial score (nSPS) is 11.2. The van der Waals surface area contributed by atoms with Gasteiger partial charge in [0.25, 0.3) is 0 Å². The van der Waals surface area contributed by atoms with E-state index in [4.69, 9.17) is 18.0 Å². The first-order valence-corrected chi connectivity index (χ1v) is 7.11. The monoisotopic (exact) mass is 320 g/mol. The van der Waals surface area contributed by atoms with Gasteiger partial charge in [-0.25, -0.2) is 0 Å². The van der Waals surface area contributed by atoms with Crippen LogP contribution in [0, 0.1) is 0 Å². The van der Waals surface area contributed by atoms with E-state index < -0.39 is 6.36 Å². The van der Waals surface area contributed by atoms with Gasteiger partial charge in [-0.1, -0.05) is 25.5 Å². The molecule has 7 heteroatoms. The Kier molecular flexibility index (Phi) is 6.74. The minimum absolute atomic E-state index is 0.213. The van der Waals surface area contributed by atoms with Crippen molar-refractivity contribution < 1.29 is 17.9 Å². The number of benzene rings is 1. The van der Waals surface area contributed by atoms with Gasteiger partial charge in [0.1, 0.15) is 5.75 Å². The summed E-state index contributed by atoms with van der Waals surface area (Å²) < 4.78 is 40.4. The van der Waals surface area contributed by atoms with E-state index >= 15 is 0 Å². The number of halogens is 3. The van der Waals surface area contributed by atoms with Crippen LogP contribution in [0.3, 0.4) is 0 Å². The fourth-order valence-corrected chi connectivity index (χ4v) is 2.03. The van der Waals surface area contributed by atoms with Gasteiger partial charge in [-0.15, -0.1) is 13.2 Å². The molecule has 0 spiro atoms. The van der Waals surface area contributed by atoms with Crippen molar-refractivity contribution in [3.05, 3.63) is 29.8 Å².